The Balaban J connectivity index is 2.12. The van der Waals surface area contributed by atoms with E-state index in [9.17, 15) is 0 Å². The monoisotopic (exact) mass is 265 g/mol. The van der Waals surface area contributed by atoms with Gasteiger partial charge in [-0.3, -0.25) is 0 Å². The van der Waals surface area contributed by atoms with Gasteiger partial charge in [-0.2, -0.15) is 0 Å². The van der Waals surface area contributed by atoms with Gasteiger partial charge in [0.2, 0.25) is 0 Å². The van der Waals surface area contributed by atoms with Crippen LogP contribution in [0.4, 0.5) is 0 Å². The molecule has 0 aromatic carbocycles. The van der Waals surface area contributed by atoms with E-state index in [0.717, 1.165) is 23.0 Å². The number of rotatable bonds is 2. The van der Waals surface area contributed by atoms with Crippen molar-refractivity contribution in [3.63, 3.8) is 0 Å². The summed E-state index contributed by atoms with van der Waals surface area (Å²) in [5, 5.41) is 1.38. The van der Waals surface area contributed by atoms with Gasteiger partial charge in [-0.25, -0.2) is 9.97 Å². The van der Waals surface area contributed by atoms with E-state index < -0.39 is 0 Å². The predicted octanol–water partition coefficient (Wildman–Crippen LogP) is 3.15. The summed E-state index contributed by atoms with van der Waals surface area (Å²) >= 11 is 1.78. The quantitative estimate of drug-likeness (QED) is 0.659. The maximum absolute atomic E-state index is 6.26. The third-order valence-electron chi connectivity index (χ3n) is 3.87. The number of nitrogens with two attached hydrogens (primary N) is 1. The van der Waals surface area contributed by atoms with Crippen molar-refractivity contribution in [3.05, 3.63) is 17.0 Å². The molecule has 1 aromatic rings. The lowest BCUT2D eigenvalue weighted by atomic mass is 10.1. The zero-order valence-electron chi connectivity index (χ0n) is 11.6. The van der Waals surface area contributed by atoms with Gasteiger partial charge in [-0.1, -0.05) is 31.0 Å². The Morgan fingerprint density at radius 3 is 2.28 bits per heavy atom. The molecular weight excluding hydrogens is 242 g/mol. The average molecular weight is 265 g/mol. The van der Waals surface area contributed by atoms with Crippen LogP contribution in [0.15, 0.2) is 5.16 Å². The molecule has 0 amide bonds. The Hall–Kier alpha value is -0.610. The lowest BCUT2D eigenvalue weighted by Crippen LogP contribution is -2.31. The number of hydrogen-bond acceptors (Lipinski definition) is 4. The van der Waals surface area contributed by atoms with Crippen LogP contribution in [0.3, 0.4) is 0 Å². The van der Waals surface area contributed by atoms with E-state index in [0.29, 0.717) is 11.3 Å². The van der Waals surface area contributed by atoms with Crippen molar-refractivity contribution >= 4 is 11.8 Å². The second kappa shape index (κ2) is 6.02. The van der Waals surface area contributed by atoms with E-state index in [2.05, 4.69) is 30.7 Å². The molecule has 2 N–H and O–H groups in total. The van der Waals surface area contributed by atoms with Gasteiger partial charge in [0.1, 0.15) is 0 Å². The molecule has 1 saturated carbocycles. The fourth-order valence-electron chi connectivity index (χ4n) is 2.38. The summed E-state index contributed by atoms with van der Waals surface area (Å²) in [4.78, 5) is 9.18. The van der Waals surface area contributed by atoms with Crippen LogP contribution >= 0.6 is 11.8 Å². The molecule has 0 saturated heterocycles. The van der Waals surface area contributed by atoms with Crippen LogP contribution in [0.1, 0.15) is 49.1 Å². The topological polar surface area (TPSA) is 51.8 Å². The number of thioether (sulfide) groups is 1. The first-order valence-corrected chi connectivity index (χ1v) is 7.70. The third kappa shape index (κ3) is 3.23. The van der Waals surface area contributed by atoms with Crippen LogP contribution in [-0.4, -0.2) is 21.3 Å². The van der Waals surface area contributed by atoms with Crippen molar-refractivity contribution in [2.75, 3.05) is 0 Å². The molecule has 1 fully saturated rings. The van der Waals surface area contributed by atoms with Gasteiger partial charge in [-0.05, 0) is 39.2 Å². The highest BCUT2D eigenvalue weighted by Gasteiger charge is 2.22. The molecule has 2 rings (SSSR count). The smallest absolute Gasteiger partial charge is 0.188 e. The minimum Gasteiger partial charge on any atom is -0.327 e. The molecule has 0 spiro atoms. The standard InChI is InChI=1S/C14H23N3S/c1-9-10(2)16-14(17-11(9)3)18-13-8-6-4-5-7-12(13)15/h12-13H,4-8,15H2,1-3H3. The van der Waals surface area contributed by atoms with Gasteiger partial charge in [0.25, 0.3) is 0 Å². The molecule has 1 aliphatic rings. The second-order valence-corrected chi connectivity index (χ2v) is 6.47. The molecule has 2 atom stereocenters. The van der Waals surface area contributed by atoms with E-state index in [1.165, 1.54) is 31.2 Å². The summed E-state index contributed by atoms with van der Waals surface area (Å²) in [6.45, 7) is 6.19. The molecule has 0 aliphatic heterocycles. The fourth-order valence-corrected chi connectivity index (χ4v) is 3.62. The van der Waals surface area contributed by atoms with Crippen molar-refractivity contribution in [1.29, 1.82) is 0 Å². The Kier molecular flexibility index (Phi) is 4.62. The molecule has 0 bridgehead atoms. The van der Waals surface area contributed by atoms with E-state index >= 15 is 0 Å². The highest BCUT2D eigenvalue weighted by atomic mass is 32.2. The van der Waals surface area contributed by atoms with Crippen LogP contribution in [0.5, 0.6) is 0 Å². The number of hydrogen-bond donors (Lipinski definition) is 1. The molecule has 4 heteroatoms. The van der Waals surface area contributed by atoms with Crippen LogP contribution < -0.4 is 5.73 Å². The minimum atomic E-state index is 0.294. The summed E-state index contributed by atoms with van der Waals surface area (Å²) in [5.74, 6) is 0. The lowest BCUT2D eigenvalue weighted by molar-refractivity contribution is 0.595. The zero-order chi connectivity index (χ0) is 13.1. The summed E-state index contributed by atoms with van der Waals surface area (Å²) in [7, 11) is 0. The first-order valence-electron chi connectivity index (χ1n) is 6.82. The summed E-state index contributed by atoms with van der Waals surface area (Å²) in [5.41, 5.74) is 9.64. The number of nitrogens with zero attached hydrogens (tertiary/aromatic N) is 2. The first-order chi connectivity index (χ1) is 8.58. The summed E-state index contributed by atoms with van der Waals surface area (Å²) in [6, 6.07) is 0.294. The highest BCUT2D eigenvalue weighted by molar-refractivity contribution is 7.99. The average Bonchev–Trinajstić information content (AvgIpc) is 2.52. The maximum Gasteiger partial charge on any atom is 0.188 e. The van der Waals surface area contributed by atoms with Gasteiger partial charge in [0.05, 0.1) is 0 Å². The highest BCUT2D eigenvalue weighted by Crippen LogP contribution is 2.31. The largest absolute Gasteiger partial charge is 0.327 e. The molecule has 0 radical (unpaired) electrons. The van der Waals surface area contributed by atoms with Crippen LogP contribution in [0.2, 0.25) is 0 Å². The Morgan fingerprint density at radius 1 is 1.00 bits per heavy atom. The third-order valence-corrected chi connectivity index (χ3v) is 5.15. The van der Waals surface area contributed by atoms with Crippen molar-refractivity contribution in [2.24, 2.45) is 5.73 Å². The predicted molar refractivity (Wildman–Crippen MR) is 76.9 cm³/mol. The van der Waals surface area contributed by atoms with Crippen molar-refractivity contribution in [3.8, 4) is 0 Å². The molecule has 18 heavy (non-hydrogen) atoms. The van der Waals surface area contributed by atoms with Crippen molar-refractivity contribution in [2.45, 2.75) is 69.3 Å². The lowest BCUT2D eigenvalue weighted by Gasteiger charge is -2.20. The summed E-state index contributed by atoms with van der Waals surface area (Å²) in [6.07, 6.45) is 6.21. The first kappa shape index (κ1) is 13.8. The van der Waals surface area contributed by atoms with Gasteiger partial charge < -0.3 is 5.73 Å². The van der Waals surface area contributed by atoms with Crippen molar-refractivity contribution in [1.82, 2.24) is 9.97 Å². The Labute approximate surface area is 114 Å². The van der Waals surface area contributed by atoms with Crippen molar-refractivity contribution < 1.29 is 0 Å². The van der Waals surface area contributed by atoms with Gasteiger partial charge in [0, 0.05) is 22.7 Å². The van der Waals surface area contributed by atoms with Gasteiger partial charge in [0.15, 0.2) is 5.16 Å². The van der Waals surface area contributed by atoms with E-state index in [1.807, 2.05) is 0 Å². The molecule has 1 aliphatic carbocycles. The zero-order valence-corrected chi connectivity index (χ0v) is 12.4. The number of aromatic nitrogens is 2. The molecule has 3 nitrogen and oxygen atoms in total. The number of aryl methyl sites for hydroxylation is 2. The normalized spacial score (nSPS) is 24.9. The molecule has 100 valence electrons. The fraction of sp³-hybridized carbons (Fsp3) is 0.714. The Morgan fingerprint density at radius 2 is 1.61 bits per heavy atom. The van der Waals surface area contributed by atoms with Gasteiger partial charge in [-0.15, -0.1) is 0 Å². The van der Waals surface area contributed by atoms with Crippen LogP contribution in [0, 0.1) is 20.8 Å². The Bertz CT molecular complexity index is 396. The van der Waals surface area contributed by atoms with Crippen LogP contribution in [-0.2, 0) is 0 Å². The van der Waals surface area contributed by atoms with E-state index in [4.69, 9.17) is 5.73 Å². The van der Waals surface area contributed by atoms with E-state index in [1.54, 1.807) is 11.8 Å². The minimum absolute atomic E-state index is 0.294. The molecule has 1 aromatic heterocycles. The summed E-state index contributed by atoms with van der Waals surface area (Å²) < 4.78 is 0. The molecule has 1 heterocycles. The van der Waals surface area contributed by atoms with Crippen LogP contribution in [0.25, 0.3) is 0 Å². The second-order valence-electron chi connectivity index (χ2n) is 5.26. The molecule has 2 unspecified atom stereocenters. The van der Waals surface area contributed by atoms with Gasteiger partial charge >= 0.3 is 0 Å². The maximum atomic E-state index is 6.26. The molecular formula is C14H23N3S. The van der Waals surface area contributed by atoms with E-state index in [-0.39, 0.29) is 0 Å². The SMILES string of the molecule is Cc1nc(SC2CCCCCC2N)nc(C)c1C.